The summed E-state index contributed by atoms with van der Waals surface area (Å²) in [6.07, 6.45) is 9.00. The van der Waals surface area contributed by atoms with Gasteiger partial charge in [0.25, 0.3) is 0 Å². The number of unbranched alkanes of at least 4 members (excludes halogenated alkanes) is 2. The molecule has 0 aliphatic rings. The second-order valence-corrected chi connectivity index (χ2v) is 15.2. The predicted octanol–water partition coefficient (Wildman–Crippen LogP) is 12.0. The summed E-state index contributed by atoms with van der Waals surface area (Å²) in [5.74, 6) is 14.0. The van der Waals surface area contributed by atoms with E-state index in [1.807, 2.05) is 109 Å². The van der Waals surface area contributed by atoms with Crippen molar-refractivity contribution in [2.75, 3.05) is 26.4 Å². The number of rotatable bonds is 19. The first kappa shape index (κ1) is 47.3. The van der Waals surface area contributed by atoms with Crippen molar-refractivity contribution in [3.8, 4) is 46.3 Å². The molecule has 6 aromatic carbocycles. The van der Waals surface area contributed by atoms with Crippen LogP contribution in [-0.2, 0) is 19.1 Å². The lowest BCUT2D eigenvalue weighted by molar-refractivity contribution is -0.138. The SMILES string of the molecule is C=CC(=O)OCCCCOc1ccc(N=Cc2ccc(C#Cc3ccc(-c4ccc(C#Cc5ccc(C=Nc6ccc(OCCCCOC(=O)C=C)cc6)cc5)cc4C)c(C)c3)cc2)cc1. The molecular weight excluding hydrogens is 821 g/mol. The van der Waals surface area contributed by atoms with Crippen molar-refractivity contribution in [2.24, 2.45) is 9.98 Å². The van der Waals surface area contributed by atoms with Crippen molar-refractivity contribution in [1.29, 1.82) is 0 Å². The zero-order valence-electron chi connectivity index (χ0n) is 37.4. The Kier molecular flexibility index (Phi) is 18.0. The van der Waals surface area contributed by atoms with Crippen molar-refractivity contribution >= 4 is 35.7 Å². The summed E-state index contributed by atoms with van der Waals surface area (Å²) >= 11 is 0. The lowest BCUT2D eigenvalue weighted by Crippen LogP contribution is -2.04. The molecule has 8 heteroatoms. The van der Waals surface area contributed by atoms with E-state index < -0.39 is 11.9 Å². The number of benzene rings is 6. The summed E-state index contributed by atoms with van der Waals surface area (Å²) in [5.41, 5.74) is 12.0. The normalized spacial score (nSPS) is 10.6. The molecule has 0 aromatic heterocycles. The molecular formula is C58H52N2O6. The lowest BCUT2D eigenvalue weighted by Gasteiger charge is -2.10. The van der Waals surface area contributed by atoms with Gasteiger partial charge in [0.2, 0.25) is 0 Å². The summed E-state index contributed by atoms with van der Waals surface area (Å²) in [4.78, 5) is 31.4. The summed E-state index contributed by atoms with van der Waals surface area (Å²) in [6.45, 7) is 12.8. The van der Waals surface area contributed by atoms with E-state index in [1.165, 1.54) is 11.1 Å². The number of hydrogen-bond donors (Lipinski definition) is 0. The minimum absolute atomic E-state index is 0.358. The fourth-order valence-corrected chi connectivity index (χ4v) is 6.49. The van der Waals surface area contributed by atoms with Crippen LogP contribution >= 0.6 is 0 Å². The molecule has 0 amide bonds. The van der Waals surface area contributed by atoms with Gasteiger partial charge in [-0.25, -0.2) is 9.59 Å². The Labute approximate surface area is 388 Å². The number of carbonyl (C=O) groups excluding carboxylic acids is 2. The molecule has 8 nitrogen and oxygen atoms in total. The first-order valence-electron chi connectivity index (χ1n) is 21.8. The summed E-state index contributed by atoms with van der Waals surface area (Å²) in [6, 6.07) is 44.0. The Morgan fingerprint density at radius 3 is 1.18 bits per heavy atom. The Morgan fingerprint density at radius 2 is 0.818 bits per heavy atom. The van der Waals surface area contributed by atoms with Crippen molar-refractivity contribution in [3.05, 3.63) is 203 Å². The molecule has 0 N–H and O–H groups in total. The third-order valence-corrected chi connectivity index (χ3v) is 10.1. The van der Waals surface area contributed by atoms with Gasteiger partial charge >= 0.3 is 11.9 Å². The van der Waals surface area contributed by atoms with Gasteiger partial charge in [-0.2, -0.15) is 0 Å². The maximum atomic E-state index is 11.1. The predicted molar refractivity (Wildman–Crippen MR) is 265 cm³/mol. The topological polar surface area (TPSA) is 95.8 Å². The molecule has 66 heavy (non-hydrogen) atoms. The second kappa shape index (κ2) is 25.2. The van der Waals surface area contributed by atoms with Gasteiger partial charge in [-0.15, -0.1) is 0 Å². The van der Waals surface area contributed by atoms with Crippen LogP contribution < -0.4 is 9.47 Å². The van der Waals surface area contributed by atoms with Crippen molar-refractivity contribution in [2.45, 2.75) is 39.5 Å². The Hall–Kier alpha value is -8.20. The zero-order valence-corrected chi connectivity index (χ0v) is 37.4. The van der Waals surface area contributed by atoms with E-state index in [4.69, 9.17) is 18.9 Å². The van der Waals surface area contributed by atoms with Crippen LogP contribution in [-0.4, -0.2) is 50.8 Å². The van der Waals surface area contributed by atoms with Crippen molar-refractivity contribution in [1.82, 2.24) is 0 Å². The van der Waals surface area contributed by atoms with Crippen LogP contribution in [0.4, 0.5) is 11.4 Å². The minimum Gasteiger partial charge on any atom is -0.494 e. The molecule has 0 saturated carbocycles. The number of hydrogen-bond acceptors (Lipinski definition) is 8. The molecule has 0 heterocycles. The molecule has 0 aliphatic heterocycles. The molecule has 0 saturated heterocycles. The zero-order chi connectivity index (χ0) is 46.4. The van der Waals surface area contributed by atoms with E-state index in [-0.39, 0.29) is 0 Å². The molecule has 6 aromatic rings. The van der Waals surface area contributed by atoms with Crippen molar-refractivity contribution < 1.29 is 28.5 Å². The average Bonchev–Trinajstić information content (AvgIpc) is 3.35. The first-order chi connectivity index (χ1) is 32.2. The summed E-state index contributed by atoms with van der Waals surface area (Å²) in [5, 5.41) is 0. The molecule has 0 unspecified atom stereocenters. The van der Waals surface area contributed by atoms with Crippen LogP contribution in [0, 0.1) is 37.5 Å². The highest BCUT2D eigenvalue weighted by Gasteiger charge is 2.07. The molecule has 0 atom stereocenters. The highest BCUT2D eigenvalue weighted by Crippen LogP contribution is 2.28. The molecule has 0 radical (unpaired) electrons. The molecule has 0 fully saturated rings. The number of nitrogens with zero attached hydrogens (tertiary/aromatic N) is 2. The van der Waals surface area contributed by atoms with E-state index in [0.717, 1.165) is 105 Å². The highest BCUT2D eigenvalue weighted by molar-refractivity contribution is 5.83. The molecule has 0 spiro atoms. The Morgan fingerprint density at radius 1 is 0.470 bits per heavy atom. The number of esters is 2. The number of ether oxygens (including phenoxy) is 4. The van der Waals surface area contributed by atoms with Crippen LogP contribution in [0.3, 0.4) is 0 Å². The standard InChI is InChI=1S/C58H52N2O6/c1-5-57(61)65-37-9-7-35-63-53-29-25-51(26-30-53)59-41-49-19-13-45(14-20-49)11-17-47-23-33-55(43(3)39-47)56-34-24-48(40-44(56)4)18-12-46-15-21-50(22-16-46)42-60-52-27-31-54(32-28-52)64-36-8-10-38-66-58(62)6-2/h5-6,13-16,19-34,39-42H,1-2,7-10,35-38H2,3-4H3. The fourth-order valence-electron chi connectivity index (χ4n) is 6.49. The molecule has 0 aliphatic carbocycles. The molecule has 0 bridgehead atoms. The van der Waals surface area contributed by atoms with Gasteiger partial charge in [-0.3, -0.25) is 9.98 Å². The molecule has 6 rings (SSSR count). The van der Waals surface area contributed by atoms with Crippen LogP contribution in [0.15, 0.2) is 169 Å². The largest absolute Gasteiger partial charge is 0.494 e. The fraction of sp³-hybridized carbons (Fsp3) is 0.172. The van der Waals surface area contributed by atoms with Gasteiger partial charge in [-0.05, 0) is 170 Å². The first-order valence-corrected chi connectivity index (χ1v) is 21.8. The smallest absolute Gasteiger partial charge is 0.330 e. The quantitative estimate of drug-likeness (QED) is 0.0264. The maximum Gasteiger partial charge on any atom is 0.330 e. The molecule has 330 valence electrons. The summed E-state index contributed by atoms with van der Waals surface area (Å²) < 4.78 is 21.5. The number of aryl methyl sites for hydroxylation is 2. The van der Waals surface area contributed by atoms with Gasteiger partial charge in [0.05, 0.1) is 37.8 Å². The number of aliphatic imine (C=N–C) groups is 2. The van der Waals surface area contributed by atoms with Crippen LogP contribution in [0.25, 0.3) is 11.1 Å². The third kappa shape index (κ3) is 15.6. The third-order valence-electron chi connectivity index (χ3n) is 10.1. The van der Waals surface area contributed by atoms with E-state index in [1.54, 1.807) is 0 Å². The second-order valence-electron chi connectivity index (χ2n) is 15.2. The summed E-state index contributed by atoms with van der Waals surface area (Å²) in [7, 11) is 0. The Bertz CT molecular complexity index is 2590. The monoisotopic (exact) mass is 872 g/mol. The Balaban J connectivity index is 0.951. The van der Waals surface area contributed by atoms with E-state index in [0.29, 0.717) is 26.4 Å². The van der Waals surface area contributed by atoms with E-state index in [9.17, 15) is 9.59 Å². The van der Waals surface area contributed by atoms with Gasteiger partial charge in [0, 0.05) is 46.8 Å². The van der Waals surface area contributed by atoms with Crippen molar-refractivity contribution in [3.63, 3.8) is 0 Å². The van der Waals surface area contributed by atoms with Gasteiger partial charge < -0.3 is 18.9 Å². The van der Waals surface area contributed by atoms with Gasteiger partial charge in [0.15, 0.2) is 0 Å². The maximum absolute atomic E-state index is 11.1. The van der Waals surface area contributed by atoms with Crippen LogP contribution in [0.2, 0.25) is 0 Å². The highest BCUT2D eigenvalue weighted by atomic mass is 16.5. The average molecular weight is 873 g/mol. The van der Waals surface area contributed by atoms with Crippen LogP contribution in [0.1, 0.15) is 70.2 Å². The van der Waals surface area contributed by atoms with Crippen LogP contribution in [0.5, 0.6) is 11.5 Å². The van der Waals surface area contributed by atoms with E-state index in [2.05, 4.69) is 97.1 Å². The van der Waals surface area contributed by atoms with E-state index >= 15 is 0 Å². The van der Waals surface area contributed by atoms with Gasteiger partial charge in [-0.1, -0.05) is 73.2 Å². The lowest BCUT2D eigenvalue weighted by atomic mass is 9.94. The minimum atomic E-state index is -0.406. The number of carbonyl (C=O) groups is 2. The van der Waals surface area contributed by atoms with Gasteiger partial charge in [0.1, 0.15) is 11.5 Å².